The van der Waals surface area contributed by atoms with Crippen LogP contribution in [0, 0.1) is 0 Å². The molecule has 0 aliphatic heterocycles. The number of para-hydroxylation sites is 4. The van der Waals surface area contributed by atoms with E-state index in [1.165, 1.54) is 82.7 Å². The normalized spacial score (nSPS) is 11.6. The number of hydrogen-bond donors (Lipinski definition) is 0. The van der Waals surface area contributed by atoms with Crippen molar-refractivity contribution in [2.75, 3.05) is 0 Å². The highest BCUT2D eigenvalue weighted by molar-refractivity contribution is 6.12. The van der Waals surface area contributed by atoms with Crippen LogP contribution < -0.4 is 0 Å². The highest BCUT2D eigenvalue weighted by Crippen LogP contribution is 2.41. The van der Waals surface area contributed by atoms with Crippen molar-refractivity contribution >= 4 is 43.6 Å². The third kappa shape index (κ3) is 4.43. The van der Waals surface area contributed by atoms with Crippen molar-refractivity contribution in [3.8, 4) is 44.8 Å². The van der Waals surface area contributed by atoms with Crippen LogP contribution in [0.1, 0.15) is 0 Å². The molecule has 0 N–H and O–H groups in total. The van der Waals surface area contributed by atoms with Crippen molar-refractivity contribution in [1.82, 2.24) is 9.13 Å². The van der Waals surface area contributed by atoms with E-state index in [0.717, 1.165) is 5.69 Å². The molecule has 0 saturated heterocycles. The molecular weight excluding hydrogens is 605 g/mol. The van der Waals surface area contributed by atoms with Gasteiger partial charge in [0.05, 0.1) is 33.4 Å². The summed E-state index contributed by atoms with van der Waals surface area (Å²) in [5, 5.41) is 5.01. The molecule has 0 amide bonds. The van der Waals surface area contributed by atoms with E-state index in [0.29, 0.717) is 0 Å². The largest absolute Gasteiger partial charge is 0.309 e. The molecule has 0 radical (unpaired) electrons. The van der Waals surface area contributed by atoms with Crippen LogP contribution in [0.4, 0.5) is 0 Å². The minimum absolute atomic E-state index is 1.16. The van der Waals surface area contributed by atoms with Crippen molar-refractivity contribution in [3.63, 3.8) is 0 Å². The first kappa shape index (κ1) is 28.4. The van der Waals surface area contributed by atoms with Crippen LogP contribution in [0.15, 0.2) is 194 Å². The van der Waals surface area contributed by atoms with Gasteiger partial charge in [0.2, 0.25) is 0 Å². The number of fused-ring (bicyclic) bond motifs is 6. The Labute approximate surface area is 290 Å². The summed E-state index contributed by atoms with van der Waals surface area (Å²) in [7, 11) is 0. The second-order valence-electron chi connectivity index (χ2n) is 12.9. The number of nitrogens with zero attached hydrogens (tertiary/aromatic N) is 2. The maximum absolute atomic E-state index is 2.48. The molecule has 0 spiro atoms. The molecule has 2 aromatic heterocycles. The lowest BCUT2D eigenvalue weighted by molar-refractivity contribution is 1.18. The minimum Gasteiger partial charge on any atom is -0.309 e. The zero-order valence-corrected chi connectivity index (χ0v) is 27.4. The molecule has 2 nitrogen and oxygen atoms in total. The fourth-order valence-corrected chi connectivity index (χ4v) is 7.88. The topological polar surface area (TPSA) is 9.86 Å². The zero-order valence-electron chi connectivity index (χ0n) is 27.4. The molecule has 0 fully saturated rings. The third-order valence-corrected chi connectivity index (χ3v) is 10.1. The lowest BCUT2D eigenvalue weighted by atomic mass is 9.97. The molecule has 0 aliphatic carbocycles. The van der Waals surface area contributed by atoms with Gasteiger partial charge in [-0.1, -0.05) is 158 Å². The second-order valence-corrected chi connectivity index (χ2v) is 12.9. The summed E-state index contributed by atoms with van der Waals surface area (Å²) in [4.78, 5) is 0. The standard InChI is InChI=1S/C48H32N2/c1-3-15-33(16-4-1)35-27-29-38(34-17-5-2-6-18-34)47(31-35)50-46-26-14-10-22-41(46)42-30-28-36(32-48(42)50)37-19-7-11-23-43(37)49-44-24-12-8-20-39(44)40-21-9-13-25-45(40)49/h1-32H. The van der Waals surface area contributed by atoms with Gasteiger partial charge in [0.1, 0.15) is 0 Å². The van der Waals surface area contributed by atoms with Crippen molar-refractivity contribution in [2.45, 2.75) is 0 Å². The molecule has 0 bridgehead atoms. The van der Waals surface area contributed by atoms with E-state index >= 15 is 0 Å². The molecule has 50 heavy (non-hydrogen) atoms. The quantitative estimate of drug-likeness (QED) is 0.178. The summed E-state index contributed by atoms with van der Waals surface area (Å²) >= 11 is 0. The van der Waals surface area contributed by atoms with E-state index < -0.39 is 0 Å². The second kappa shape index (κ2) is 11.5. The molecule has 0 saturated carbocycles. The lowest BCUT2D eigenvalue weighted by Crippen LogP contribution is -1.99. The van der Waals surface area contributed by atoms with Crippen molar-refractivity contribution in [2.24, 2.45) is 0 Å². The van der Waals surface area contributed by atoms with E-state index in [9.17, 15) is 0 Å². The molecule has 0 unspecified atom stereocenters. The van der Waals surface area contributed by atoms with E-state index in [-0.39, 0.29) is 0 Å². The molecule has 8 aromatic carbocycles. The van der Waals surface area contributed by atoms with Crippen LogP contribution in [0.3, 0.4) is 0 Å². The molecule has 2 heterocycles. The Morgan fingerprint density at radius 2 is 0.700 bits per heavy atom. The number of rotatable bonds is 5. The van der Waals surface area contributed by atoms with Crippen LogP contribution >= 0.6 is 0 Å². The fourth-order valence-electron chi connectivity index (χ4n) is 7.88. The molecule has 234 valence electrons. The Hall–Kier alpha value is -6.64. The van der Waals surface area contributed by atoms with E-state index in [1.54, 1.807) is 0 Å². The summed E-state index contributed by atoms with van der Waals surface area (Å²) in [6.07, 6.45) is 0. The summed E-state index contributed by atoms with van der Waals surface area (Å²) in [6, 6.07) is 70.5. The van der Waals surface area contributed by atoms with Crippen molar-refractivity contribution in [3.05, 3.63) is 194 Å². The van der Waals surface area contributed by atoms with Gasteiger partial charge in [-0.25, -0.2) is 0 Å². The smallest absolute Gasteiger partial charge is 0.0547 e. The van der Waals surface area contributed by atoms with Gasteiger partial charge in [0, 0.05) is 32.7 Å². The summed E-state index contributed by atoms with van der Waals surface area (Å²) < 4.78 is 4.91. The predicted octanol–water partition coefficient (Wildman–Crippen LogP) is 12.9. The Morgan fingerprint density at radius 1 is 0.240 bits per heavy atom. The minimum atomic E-state index is 1.16. The highest BCUT2D eigenvalue weighted by atomic mass is 15.0. The maximum Gasteiger partial charge on any atom is 0.0547 e. The van der Waals surface area contributed by atoms with E-state index in [4.69, 9.17) is 0 Å². The Kier molecular flexibility index (Phi) is 6.53. The van der Waals surface area contributed by atoms with Crippen molar-refractivity contribution < 1.29 is 0 Å². The zero-order chi connectivity index (χ0) is 33.0. The van der Waals surface area contributed by atoms with Gasteiger partial charge in [0.25, 0.3) is 0 Å². The monoisotopic (exact) mass is 636 g/mol. The highest BCUT2D eigenvalue weighted by Gasteiger charge is 2.19. The Balaban J connectivity index is 1.26. The first-order valence-corrected chi connectivity index (χ1v) is 17.2. The van der Waals surface area contributed by atoms with Crippen LogP contribution in [0.25, 0.3) is 88.4 Å². The van der Waals surface area contributed by atoms with E-state index in [1.807, 2.05) is 0 Å². The predicted molar refractivity (Wildman–Crippen MR) is 211 cm³/mol. The molecule has 0 atom stereocenters. The van der Waals surface area contributed by atoms with Crippen LogP contribution in [-0.4, -0.2) is 9.13 Å². The fraction of sp³-hybridized carbons (Fsp3) is 0. The maximum atomic E-state index is 2.48. The summed E-state index contributed by atoms with van der Waals surface area (Å²) in [5.41, 5.74) is 14.3. The average molecular weight is 637 g/mol. The summed E-state index contributed by atoms with van der Waals surface area (Å²) in [6.45, 7) is 0. The lowest BCUT2D eigenvalue weighted by Gasteiger charge is -2.17. The van der Waals surface area contributed by atoms with Gasteiger partial charge in [0.15, 0.2) is 0 Å². The van der Waals surface area contributed by atoms with Gasteiger partial charge in [-0.2, -0.15) is 0 Å². The average Bonchev–Trinajstić information content (AvgIpc) is 3.71. The number of aromatic nitrogens is 2. The summed E-state index contributed by atoms with van der Waals surface area (Å²) in [5.74, 6) is 0. The number of benzene rings is 8. The Bertz CT molecular complexity index is 2800. The van der Waals surface area contributed by atoms with Gasteiger partial charge in [-0.15, -0.1) is 0 Å². The molecule has 0 aliphatic rings. The van der Waals surface area contributed by atoms with Gasteiger partial charge >= 0.3 is 0 Å². The molecule has 10 aromatic rings. The van der Waals surface area contributed by atoms with Gasteiger partial charge in [-0.05, 0) is 58.7 Å². The van der Waals surface area contributed by atoms with Gasteiger partial charge < -0.3 is 9.13 Å². The molecule has 10 rings (SSSR count). The first-order valence-electron chi connectivity index (χ1n) is 17.2. The number of hydrogen-bond acceptors (Lipinski definition) is 0. The van der Waals surface area contributed by atoms with Crippen molar-refractivity contribution in [1.29, 1.82) is 0 Å². The SMILES string of the molecule is c1ccc(-c2ccc(-c3ccccc3)c(-n3c4ccccc4c4ccc(-c5ccccc5-n5c6ccccc6c6ccccc65)cc43)c2)cc1. The van der Waals surface area contributed by atoms with E-state index in [2.05, 4.69) is 203 Å². The first-order chi connectivity index (χ1) is 24.8. The van der Waals surface area contributed by atoms with Crippen LogP contribution in [-0.2, 0) is 0 Å². The van der Waals surface area contributed by atoms with Crippen LogP contribution in [0.5, 0.6) is 0 Å². The molecule has 2 heteroatoms. The molecular formula is C48H32N2. The Morgan fingerprint density at radius 3 is 1.34 bits per heavy atom. The third-order valence-electron chi connectivity index (χ3n) is 10.1. The van der Waals surface area contributed by atoms with Crippen LogP contribution in [0.2, 0.25) is 0 Å². The van der Waals surface area contributed by atoms with Gasteiger partial charge in [-0.3, -0.25) is 0 Å².